The van der Waals surface area contributed by atoms with Crippen LogP contribution in [-0.4, -0.2) is 23.5 Å². The molecule has 0 fully saturated rings. The molecule has 1 N–H and O–H groups in total. The molecule has 1 atom stereocenters. The van der Waals surface area contributed by atoms with E-state index in [-0.39, 0.29) is 18.2 Å². The second-order valence-corrected chi connectivity index (χ2v) is 6.24. The maximum atomic E-state index is 12.2. The second-order valence-electron chi connectivity index (χ2n) is 6.24. The van der Waals surface area contributed by atoms with E-state index in [1.54, 1.807) is 0 Å². The molecule has 0 bridgehead atoms. The van der Waals surface area contributed by atoms with Gasteiger partial charge in [0.15, 0.2) is 5.78 Å². The summed E-state index contributed by atoms with van der Waals surface area (Å²) in [7, 11) is 0. The van der Waals surface area contributed by atoms with Crippen LogP contribution < -0.4 is 5.32 Å². The Morgan fingerprint density at radius 2 is 1.76 bits per heavy atom. The molecule has 1 aromatic rings. The summed E-state index contributed by atoms with van der Waals surface area (Å²) < 4.78 is 5.21. The van der Waals surface area contributed by atoms with Crippen LogP contribution in [0.1, 0.15) is 56.5 Å². The van der Waals surface area contributed by atoms with Crippen LogP contribution in [0.4, 0.5) is 4.79 Å². The first-order chi connectivity index (χ1) is 9.71. The van der Waals surface area contributed by atoms with E-state index in [9.17, 15) is 9.59 Å². The van der Waals surface area contributed by atoms with Gasteiger partial charge >= 0.3 is 6.09 Å². The topological polar surface area (TPSA) is 55.4 Å². The number of amides is 1. The van der Waals surface area contributed by atoms with Gasteiger partial charge in [-0.05, 0) is 34.1 Å². The lowest BCUT2D eigenvalue weighted by molar-refractivity contribution is 0.0500. The molecule has 4 heteroatoms. The quantitative estimate of drug-likeness (QED) is 0.838. The van der Waals surface area contributed by atoms with E-state index in [1.165, 1.54) is 0 Å². The van der Waals surface area contributed by atoms with E-state index in [1.807, 2.05) is 58.9 Å². The Morgan fingerprint density at radius 3 is 2.24 bits per heavy atom. The Hall–Kier alpha value is -1.84. The summed E-state index contributed by atoms with van der Waals surface area (Å²) in [5, 5.41) is 2.75. The fourth-order valence-electron chi connectivity index (χ4n) is 1.85. The van der Waals surface area contributed by atoms with Crippen molar-refractivity contribution in [2.24, 2.45) is 0 Å². The number of alkyl carbamates (subject to hydrolysis) is 1. The lowest BCUT2D eigenvalue weighted by atomic mass is 10.0. The van der Waals surface area contributed by atoms with Crippen LogP contribution in [0.15, 0.2) is 24.3 Å². The summed E-state index contributed by atoms with van der Waals surface area (Å²) in [5.41, 5.74) is 1.25. The molecule has 0 aliphatic heterocycles. The Labute approximate surface area is 126 Å². The third kappa shape index (κ3) is 6.43. The number of nitrogens with one attached hydrogen (secondary N) is 1. The first kappa shape index (κ1) is 17.2. The van der Waals surface area contributed by atoms with Crippen LogP contribution in [0.3, 0.4) is 0 Å². The SMILES string of the molecule is CCC(CC(=O)c1ccc(C)cc1)NC(=O)OC(C)(C)C. The Balaban J connectivity index is 2.59. The van der Waals surface area contributed by atoms with Crippen molar-refractivity contribution in [3.63, 3.8) is 0 Å². The van der Waals surface area contributed by atoms with E-state index < -0.39 is 11.7 Å². The highest BCUT2D eigenvalue weighted by molar-refractivity contribution is 5.96. The molecule has 0 saturated heterocycles. The highest BCUT2D eigenvalue weighted by atomic mass is 16.6. The number of hydrogen-bond acceptors (Lipinski definition) is 3. The largest absolute Gasteiger partial charge is 0.444 e. The molecule has 4 nitrogen and oxygen atoms in total. The molecule has 0 heterocycles. The summed E-state index contributed by atoms with van der Waals surface area (Å²) in [6.45, 7) is 9.35. The Morgan fingerprint density at radius 1 is 1.19 bits per heavy atom. The minimum atomic E-state index is -0.538. The number of benzene rings is 1. The van der Waals surface area contributed by atoms with Crippen molar-refractivity contribution < 1.29 is 14.3 Å². The number of carbonyl (C=O) groups excluding carboxylic acids is 2. The van der Waals surface area contributed by atoms with Crippen LogP contribution in [0.25, 0.3) is 0 Å². The number of hydrogen-bond donors (Lipinski definition) is 1. The maximum Gasteiger partial charge on any atom is 0.407 e. The average Bonchev–Trinajstić information content (AvgIpc) is 2.36. The molecular formula is C17H25NO3. The van der Waals surface area contributed by atoms with Crippen LogP contribution in [0.5, 0.6) is 0 Å². The normalized spacial score (nSPS) is 12.6. The molecule has 0 spiro atoms. The van der Waals surface area contributed by atoms with Gasteiger partial charge in [0.1, 0.15) is 5.60 Å². The summed E-state index contributed by atoms with van der Waals surface area (Å²) in [5.74, 6) is 0.0258. The van der Waals surface area contributed by atoms with E-state index in [0.717, 1.165) is 5.56 Å². The van der Waals surface area contributed by atoms with Crippen molar-refractivity contribution in [2.45, 2.75) is 59.1 Å². The Kier molecular flexibility index (Phi) is 5.94. The van der Waals surface area contributed by atoms with Crippen molar-refractivity contribution in [3.8, 4) is 0 Å². The van der Waals surface area contributed by atoms with Gasteiger partial charge in [0.2, 0.25) is 0 Å². The van der Waals surface area contributed by atoms with Gasteiger partial charge in [0.05, 0.1) is 0 Å². The number of carbonyl (C=O) groups is 2. The second kappa shape index (κ2) is 7.25. The third-order valence-electron chi connectivity index (χ3n) is 3.02. The standard InChI is InChI=1S/C17H25NO3/c1-6-14(18-16(20)21-17(3,4)5)11-15(19)13-9-7-12(2)8-10-13/h7-10,14H,6,11H2,1-5H3,(H,18,20). The van der Waals surface area contributed by atoms with Gasteiger partial charge in [-0.2, -0.15) is 0 Å². The summed E-state index contributed by atoms with van der Waals surface area (Å²) in [4.78, 5) is 23.9. The van der Waals surface area contributed by atoms with Crippen molar-refractivity contribution in [2.75, 3.05) is 0 Å². The summed E-state index contributed by atoms with van der Waals surface area (Å²) in [6, 6.07) is 7.24. The van der Waals surface area contributed by atoms with Gasteiger partial charge in [-0.15, -0.1) is 0 Å². The molecule has 0 aromatic heterocycles. The first-order valence-corrected chi connectivity index (χ1v) is 7.30. The van der Waals surface area contributed by atoms with Gasteiger partial charge in [0, 0.05) is 18.0 Å². The predicted octanol–water partition coefficient (Wildman–Crippen LogP) is 3.87. The monoisotopic (exact) mass is 291 g/mol. The van der Waals surface area contributed by atoms with Crippen molar-refractivity contribution in [1.82, 2.24) is 5.32 Å². The fraction of sp³-hybridized carbons (Fsp3) is 0.529. The van der Waals surface area contributed by atoms with E-state index in [0.29, 0.717) is 12.0 Å². The van der Waals surface area contributed by atoms with Crippen molar-refractivity contribution >= 4 is 11.9 Å². The highest BCUT2D eigenvalue weighted by Gasteiger charge is 2.20. The van der Waals surface area contributed by atoms with Crippen LogP contribution in [0, 0.1) is 6.92 Å². The highest BCUT2D eigenvalue weighted by Crippen LogP contribution is 2.11. The minimum Gasteiger partial charge on any atom is -0.444 e. The number of rotatable bonds is 5. The van der Waals surface area contributed by atoms with Gasteiger partial charge in [0.25, 0.3) is 0 Å². The van der Waals surface area contributed by atoms with Crippen molar-refractivity contribution in [3.05, 3.63) is 35.4 Å². The molecule has 1 unspecified atom stereocenters. The molecule has 1 rings (SSSR count). The summed E-state index contributed by atoms with van der Waals surface area (Å²) >= 11 is 0. The van der Waals surface area contributed by atoms with E-state index >= 15 is 0 Å². The predicted molar refractivity (Wildman–Crippen MR) is 83.6 cm³/mol. The van der Waals surface area contributed by atoms with Gasteiger partial charge in [-0.1, -0.05) is 36.8 Å². The summed E-state index contributed by atoms with van der Waals surface area (Å²) in [6.07, 6.45) is 0.474. The smallest absolute Gasteiger partial charge is 0.407 e. The lowest BCUT2D eigenvalue weighted by Crippen LogP contribution is -2.39. The molecule has 21 heavy (non-hydrogen) atoms. The molecular weight excluding hydrogens is 266 g/mol. The fourth-order valence-corrected chi connectivity index (χ4v) is 1.85. The zero-order valence-corrected chi connectivity index (χ0v) is 13.5. The van der Waals surface area contributed by atoms with Crippen molar-refractivity contribution in [1.29, 1.82) is 0 Å². The molecule has 0 aliphatic carbocycles. The molecule has 0 radical (unpaired) electrons. The maximum absolute atomic E-state index is 12.2. The zero-order valence-electron chi connectivity index (χ0n) is 13.5. The van der Waals surface area contributed by atoms with Crippen LogP contribution >= 0.6 is 0 Å². The van der Waals surface area contributed by atoms with Gasteiger partial charge in [-0.3, -0.25) is 4.79 Å². The number of ether oxygens (including phenoxy) is 1. The first-order valence-electron chi connectivity index (χ1n) is 7.30. The number of aryl methyl sites for hydroxylation is 1. The average molecular weight is 291 g/mol. The van der Waals surface area contributed by atoms with Gasteiger partial charge in [-0.25, -0.2) is 4.79 Å². The van der Waals surface area contributed by atoms with E-state index in [2.05, 4.69) is 5.32 Å². The third-order valence-corrected chi connectivity index (χ3v) is 3.02. The van der Waals surface area contributed by atoms with Crippen LogP contribution in [0.2, 0.25) is 0 Å². The molecule has 116 valence electrons. The number of Topliss-reactive ketones (excluding diaryl/α,β-unsaturated/α-hetero) is 1. The minimum absolute atomic E-state index is 0.0258. The molecule has 0 aliphatic rings. The Bertz CT molecular complexity index is 486. The molecule has 1 amide bonds. The number of ketones is 1. The molecule has 0 saturated carbocycles. The van der Waals surface area contributed by atoms with Gasteiger partial charge < -0.3 is 10.1 Å². The molecule has 1 aromatic carbocycles. The van der Waals surface area contributed by atoms with Crippen LogP contribution in [-0.2, 0) is 4.74 Å². The lowest BCUT2D eigenvalue weighted by Gasteiger charge is -2.22. The van der Waals surface area contributed by atoms with E-state index in [4.69, 9.17) is 4.74 Å². The zero-order chi connectivity index (χ0) is 16.0.